The normalized spacial score (nSPS) is 12.0. The maximum Gasteiger partial charge on any atom is 0.273 e. The number of amides is 2. The third-order valence-electron chi connectivity index (χ3n) is 6.99. The Morgan fingerprint density at radius 1 is 1.02 bits per heavy atom. The second-order valence-electron chi connectivity index (χ2n) is 10.7. The van der Waals surface area contributed by atoms with Crippen molar-refractivity contribution in [2.75, 3.05) is 24.5 Å². The Labute approximate surface area is 273 Å². The van der Waals surface area contributed by atoms with Gasteiger partial charge in [-0.3, -0.25) is 24.0 Å². The smallest absolute Gasteiger partial charge is 0.273 e. The maximum absolute atomic E-state index is 14.3. The van der Waals surface area contributed by atoms with Crippen LogP contribution < -0.4 is 14.4 Å². The van der Waals surface area contributed by atoms with Crippen molar-refractivity contribution in [3.8, 4) is 5.75 Å². The van der Waals surface area contributed by atoms with Gasteiger partial charge in [-0.1, -0.05) is 62.2 Å². The van der Waals surface area contributed by atoms with Gasteiger partial charge in [0, 0.05) is 34.8 Å². The van der Waals surface area contributed by atoms with E-state index in [0.717, 1.165) is 10.4 Å². The minimum absolute atomic E-state index is 0.0276. The minimum atomic E-state index is -4.63. The molecule has 45 heavy (non-hydrogen) atoms. The SMILES string of the molecule is CC[C@@H](C(=O)NCC(C)C)N(Cc1ccc(Cl)cc1)C(=O)CN(c1cc(Cl)ccc1OC)S(=O)(=O)c1ccc(C)c([N+](=O)[O-])c1. The summed E-state index contributed by atoms with van der Waals surface area (Å²) in [6.07, 6.45) is 0.237. The van der Waals surface area contributed by atoms with Gasteiger partial charge >= 0.3 is 0 Å². The molecule has 0 heterocycles. The number of hydrogen-bond donors (Lipinski definition) is 1. The van der Waals surface area contributed by atoms with E-state index >= 15 is 0 Å². The van der Waals surface area contributed by atoms with Crippen molar-refractivity contribution in [2.24, 2.45) is 5.92 Å². The van der Waals surface area contributed by atoms with E-state index in [1.807, 2.05) is 13.8 Å². The second-order valence-corrected chi connectivity index (χ2v) is 13.5. The number of nitrogens with one attached hydrogen (secondary N) is 1. The number of rotatable bonds is 14. The van der Waals surface area contributed by atoms with Crippen molar-refractivity contribution < 1.29 is 27.7 Å². The topological polar surface area (TPSA) is 139 Å². The molecule has 0 unspecified atom stereocenters. The molecule has 0 aliphatic heterocycles. The van der Waals surface area contributed by atoms with E-state index < -0.39 is 49.9 Å². The molecule has 14 heteroatoms. The Hall–Kier alpha value is -3.87. The molecule has 1 atom stereocenters. The summed E-state index contributed by atoms with van der Waals surface area (Å²) in [5.41, 5.74) is 0.448. The number of ether oxygens (including phenoxy) is 1. The lowest BCUT2D eigenvalue weighted by atomic mass is 10.1. The monoisotopic (exact) mass is 678 g/mol. The largest absolute Gasteiger partial charge is 0.495 e. The van der Waals surface area contributed by atoms with E-state index in [4.69, 9.17) is 27.9 Å². The molecule has 242 valence electrons. The van der Waals surface area contributed by atoms with Crippen LogP contribution in [0.4, 0.5) is 11.4 Å². The van der Waals surface area contributed by atoms with Crippen molar-refractivity contribution >= 4 is 56.4 Å². The minimum Gasteiger partial charge on any atom is -0.495 e. The predicted octanol–water partition coefficient (Wildman–Crippen LogP) is 5.99. The van der Waals surface area contributed by atoms with Gasteiger partial charge in [-0.2, -0.15) is 0 Å². The van der Waals surface area contributed by atoms with Gasteiger partial charge in [0.05, 0.1) is 22.6 Å². The molecule has 0 fully saturated rings. The first kappa shape index (κ1) is 35.6. The highest BCUT2D eigenvalue weighted by Gasteiger charge is 2.35. The lowest BCUT2D eigenvalue weighted by molar-refractivity contribution is -0.385. The first-order valence-electron chi connectivity index (χ1n) is 14.1. The Balaban J connectivity index is 2.17. The number of nitrogens with zero attached hydrogens (tertiary/aromatic N) is 3. The summed E-state index contributed by atoms with van der Waals surface area (Å²) in [4.78, 5) is 39.5. The number of carbonyl (C=O) groups excluding carboxylic acids is 2. The van der Waals surface area contributed by atoms with Crippen molar-refractivity contribution in [3.63, 3.8) is 0 Å². The van der Waals surface area contributed by atoms with E-state index in [9.17, 15) is 28.1 Å². The van der Waals surface area contributed by atoms with Crippen LogP contribution in [0.2, 0.25) is 10.0 Å². The summed E-state index contributed by atoms with van der Waals surface area (Å²) in [5, 5.41) is 15.2. The molecule has 11 nitrogen and oxygen atoms in total. The summed E-state index contributed by atoms with van der Waals surface area (Å²) < 4.78 is 34.7. The van der Waals surface area contributed by atoms with Gasteiger partial charge in [0.15, 0.2) is 0 Å². The highest BCUT2D eigenvalue weighted by Crippen LogP contribution is 2.36. The van der Waals surface area contributed by atoms with Crippen molar-refractivity contribution in [2.45, 2.75) is 51.6 Å². The first-order valence-corrected chi connectivity index (χ1v) is 16.3. The van der Waals surface area contributed by atoms with Gasteiger partial charge in [0.1, 0.15) is 18.3 Å². The number of methoxy groups -OCH3 is 1. The molecular weight excluding hydrogens is 643 g/mol. The van der Waals surface area contributed by atoms with Crippen molar-refractivity contribution in [3.05, 3.63) is 92.0 Å². The van der Waals surface area contributed by atoms with E-state index in [0.29, 0.717) is 17.1 Å². The quantitative estimate of drug-likeness (QED) is 0.163. The Morgan fingerprint density at radius 2 is 1.67 bits per heavy atom. The molecule has 0 aliphatic carbocycles. The Morgan fingerprint density at radius 3 is 2.24 bits per heavy atom. The molecule has 3 aromatic rings. The van der Waals surface area contributed by atoms with Crippen LogP contribution in [0.5, 0.6) is 5.75 Å². The van der Waals surface area contributed by atoms with Crippen LogP contribution >= 0.6 is 23.2 Å². The van der Waals surface area contributed by atoms with E-state index in [1.54, 1.807) is 31.2 Å². The summed E-state index contributed by atoms with van der Waals surface area (Å²) >= 11 is 12.3. The summed E-state index contributed by atoms with van der Waals surface area (Å²) in [6, 6.07) is 13.5. The standard InChI is InChI=1S/C31H36Cl2N4O7S/c1-6-26(31(39)34-17-20(2)3)35(18-22-8-10-23(32)11-9-22)30(38)19-36(28-15-24(33)12-14-29(28)44-5)45(42,43)25-13-7-21(4)27(16-25)37(40)41/h7-16,20,26H,6,17-19H2,1-5H3,(H,34,39)/t26-/m0/s1. The fourth-order valence-corrected chi connectivity index (χ4v) is 6.30. The van der Waals surface area contributed by atoms with Gasteiger partial charge in [-0.15, -0.1) is 0 Å². The van der Waals surface area contributed by atoms with Crippen LogP contribution in [0.1, 0.15) is 38.3 Å². The van der Waals surface area contributed by atoms with E-state index in [2.05, 4.69) is 5.32 Å². The first-order chi connectivity index (χ1) is 21.2. The number of aryl methyl sites for hydroxylation is 1. The van der Waals surface area contributed by atoms with Crippen LogP contribution in [-0.4, -0.2) is 56.3 Å². The molecule has 0 aliphatic rings. The third-order valence-corrected chi connectivity index (χ3v) is 9.23. The van der Waals surface area contributed by atoms with E-state index in [1.165, 1.54) is 49.3 Å². The van der Waals surface area contributed by atoms with Crippen LogP contribution in [0, 0.1) is 23.0 Å². The zero-order chi connectivity index (χ0) is 33.5. The number of halogens is 2. The predicted molar refractivity (Wildman–Crippen MR) is 174 cm³/mol. The van der Waals surface area contributed by atoms with Crippen LogP contribution in [-0.2, 0) is 26.2 Å². The second kappa shape index (κ2) is 15.4. The number of nitro benzene ring substituents is 1. The lowest BCUT2D eigenvalue weighted by Gasteiger charge is -2.33. The highest BCUT2D eigenvalue weighted by molar-refractivity contribution is 7.92. The molecule has 0 spiro atoms. The molecule has 3 aromatic carbocycles. The maximum atomic E-state index is 14.3. The summed E-state index contributed by atoms with van der Waals surface area (Å²) in [7, 11) is -3.30. The van der Waals surface area contributed by atoms with Crippen molar-refractivity contribution in [1.82, 2.24) is 10.2 Å². The fraction of sp³-hybridized carbons (Fsp3) is 0.355. The molecule has 0 bridgehead atoms. The zero-order valence-electron chi connectivity index (χ0n) is 25.6. The number of hydrogen-bond acceptors (Lipinski definition) is 7. The molecule has 0 aromatic heterocycles. The molecule has 0 radical (unpaired) electrons. The Kier molecular flexibility index (Phi) is 12.2. The average Bonchev–Trinajstić information content (AvgIpc) is 2.99. The van der Waals surface area contributed by atoms with Crippen LogP contribution in [0.3, 0.4) is 0 Å². The number of carbonyl (C=O) groups is 2. The molecule has 3 rings (SSSR count). The highest BCUT2D eigenvalue weighted by atomic mass is 35.5. The molecule has 0 saturated heterocycles. The summed E-state index contributed by atoms with van der Waals surface area (Å²) in [6.45, 7) is 6.69. The van der Waals surface area contributed by atoms with Crippen LogP contribution in [0.15, 0.2) is 65.6 Å². The van der Waals surface area contributed by atoms with Crippen LogP contribution in [0.25, 0.3) is 0 Å². The van der Waals surface area contributed by atoms with Gasteiger partial charge in [-0.05, 0) is 61.2 Å². The zero-order valence-corrected chi connectivity index (χ0v) is 27.9. The third kappa shape index (κ3) is 8.86. The molecule has 2 amide bonds. The Bertz CT molecular complexity index is 1650. The van der Waals surface area contributed by atoms with Gasteiger partial charge < -0.3 is 15.0 Å². The average molecular weight is 680 g/mol. The van der Waals surface area contributed by atoms with Gasteiger partial charge in [-0.25, -0.2) is 8.42 Å². The lowest BCUT2D eigenvalue weighted by Crippen LogP contribution is -2.52. The number of sulfonamides is 1. The molecule has 0 saturated carbocycles. The van der Waals surface area contributed by atoms with Gasteiger partial charge in [0.2, 0.25) is 11.8 Å². The molecule has 1 N–H and O–H groups in total. The van der Waals surface area contributed by atoms with Gasteiger partial charge in [0.25, 0.3) is 15.7 Å². The molecular formula is C31H36Cl2N4O7S. The summed E-state index contributed by atoms with van der Waals surface area (Å²) in [5.74, 6) is -0.856. The number of benzene rings is 3. The van der Waals surface area contributed by atoms with E-state index in [-0.39, 0.29) is 40.9 Å². The number of anilines is 1. The fourth-order valence-electron chi connectivity index (χ4n) is 4.57. The van der Waals surface area contributed by atoms with Crippen molar-refractivity contribution in [1.29, 1.82) is 0 Å². The number of nitro groups is 1.